The summed E-state index contributed by atoms with van der Waals surface area (Å²) in [5.74, 6) is 8.00. The number of ether oxygens (including phenoxy) is 1. The van der Waals surface area contributed by atoms with E-state index in [1.54, 1.807) is 6.20 Å². The van der Waals surface area contributed by atoms with Gasteiger partial charge >= 0.3 is 0 Å². The Labute approximate surface area is 306 Å². The smallest absolute Gasteiger partial charge is 0.240 e. The molecule has 1 fully saturated rings. The molecule has 5 rings (SSSR count). The summed E-state index contributed by atoms with van der Waals surface area (Å²) in [6.07, 6.45) is 4.21. The fraction of sp³-hybridized carbons (Fsp3) is 0.450. The van der Waals surface area contributed by atoms with Crippen LogP contribution in [0.5, 0.6) is 0 Å². The standard InChI is InChI=1S/C40H52N8O4/c1-24(2)34(46-40(51)52-8)38(49)43-26(5)36-41-22-31(44-36)29-17-13-27(14-18-29)11-12-28-15-19-30(20-16-28)32-23-42-37(45-32)33-10-9-21-48(33)39(50)35(25(3)4)47(6)7/h13-20,22-26,33-35,40,46,51H,9-10,21H2,1-8H3,(H,41,44)(H,42,45)(H,43,49). The second-order valence-corrected chi connectivity index (χ2v) is 14.3. The minimum absolute atomic E-state index is 0.0473. The summed E-state index contributed by atoms with van der Waals surface area (Å²) in [4.78, 5) is 46.4. The fourth-order valence-electron chi connectivity index (χ4n) is 6.72. The number of carbonyl (C=O) groups is 2. The maximum Gasteiger partial charge on any atom is 0.240 e. The second-order valence-electron chi connectivity index (χ2n) is 14.3. The quantitative estimate of drug-likeness (QED) is 0.0980. The molecular weight excluding hydrogens is 656 g/mol. The van der Waals surface area contributed by atoms with Crippen LogP contribution in [0.4, 0.5) is 0 Å². The number of methoxy groups -OCH3 is 1. The van der Waals surface area contributed by atoms with Gasteiger partial charge in [-0.05, 0) is 81.1 Å². The van der Waals surface area contributed by atoms with Crippen molar-refractivity contribution in [1.82, 2.24) is 40.4 Å². The Hall–Kier alpha value is -4.80. The lowest BCUT2D eigenvalue weighted by Crippen LogP contribution is -2.52. The van der Waals surface area contributed by atoms with Crippen LogP contribution in [-0.4, -0.2) is 92.9 Å². The van der Waals surface area contributed by atoms with Crippen LogP contribution in [-0.2, 0) is 14.3 Å². The number of benzene rings is 2. The monoisotopic (exact) mass is 708 g/mol. The molecule has 52 heavy (non-hydrogen) atoms. The number of hydrogen-bond donors (Lipinski definition) is 5. The summed E-state index contributed by atoms with van der Waals surface area (Å²) < 4.78 is 4.85. The third kappa shape index (κ3) is 9.16. The molecule has 5 N–H and O–H groups in total. The highest BCUT2D eigenvalue weighted by molar-refractivity contribution is 5.83. The number of nitrogens with zero attached hydrogens (tertiary/aromatic N) is 4. The second kappa shape index (κ2) is 17.1. The molecule has 1 aliphatic heterocycles. The van der Waals surface area contributed by atoms with E-state index in [0.29, 0.717) is 5.82 Å². The number of rotatable bonds is 13. The van der Waals surface area contributed by atoms with Gasteiger partial charge in [0.15, 0.2) is 0 Å². The lowest BCUT2D eigenvalue weighted by Gasteiger charge is -2.33. The SMILES string of the molecule is COC(O)NC(C(=O)NC(C)c1ncc(-c2ccc(C#Cc3ccc(-c4cnc(C5CCCN5C(=O)C(C(C)C)N(C)C)[nH]4)cc3)cc2)[nH]1)C(C)C. The lowest BCUT2D eigenvalue weighted by atomic mass is 10.0. The van der Waals surface area contributed by atoms with Gasteiger partial charge in [-0.3, -0.25) is 19.8 Å². The van der Waals surface area contributed by atoms with Gasteiger partial charge in [-0.1, -0.05) is 63.8 Å². The van der Waals surface area contributed by atoms with Gasteiger partial charge in [0.1, 0.15) is 11.6 Å². The van der Waals surface area contributed by atoms with Crippen LogP contribution in [0.3, 0.4) is 0 Å². The molecule has 2 amide bonds. The largest absolute Gasteiger partial charge is 0.356 e. The number of amides is 2. The Kier molecular flexibility index (Phi) is 12.7. The van der Waals surface area contributed by atoms with Crippen molar-refractivity contribution in [2.45, 2.75) is 78.0 Å². The number of aliphatic hydroxyl groups is 1. The Morgan fingerprint density at radius 3 is 2.02 bits per heavy atom. The van der Waals surface area contributed by atoms with Gasteiger partial charge in [-0.25, -0.2) is 9.97 Å². The van der Waals surface area contributed by atoms with Gasteiger partial charge in [-0.2, -0.15) is 0 Å². The van der Waals surface area contributed by atoms with Crippen LogP contribution in [0.15, 0.2) is 60.9 Å². The van der Waals surface area contributed by atoms with E-state index < -0.39 is 12.5 Å². The van der Waals surface area contributed by atoms with E-state index in [2.05, 4.69) is 51.3 Å². The number of likely N-dealkylation sites (N-methyl/N-ethyl adjacent to an activating group) is 1. The molecule has 5 unspecified atom stereocenters. The first-order chi connectivity index (χ1) is 24.9. The highest BCUT2D eigenvalue weighted by atomic mass is 16.6. The molecule has 1 saturated heterocycles. The van der Waals surface area contributed by atoms with E-state index in [4.69, 9.17) is 9.72 Å². The van der Waals surface area contributed by atoms with Crippen molar-refractivity contribution in [3.8, 4) is 34.4 Å². The minimum atomic E-state index is -1.24. The number of hydrogen-bond acceptors (Lipinski definition) is 8. The maximum atomic E-state index is 13.5. The summed E-state index contributed by atoms with van der Waals surface area (Å²) in [5.41, 5.74) is 5.45. The zero-order chi connectivity index (χ0) is 37.5. The van der Waals surface area contributed by atoms with Crippen molar-refractivity contribution in [1.29, 1.82) is 0 Å². The zero-order valence-corrected chi connectivity index (χ0v) is 31.4. The van der Waals surface area contributed by atoms with Crippen LogP contribution in [0.2, 0.25) is 0 Å². The highest BCUT2D eigenvalue weighted by Gasteiger charge is 2.37. The fourth-order valence-corrected chi connectivity index (χ4v) is 6.72. The van der Waals surface area contributed by atoms with Crippen molar-refractivity contribution in [3.63, 3.8) is 0 Å². The first-order valence-corrected chi connectivity index (χ1v) is 17.9. The number of imidazole rings is 2. The molecule has 4 aromatic rings. The van der Waals surface area contributed by atoms with E-state index >= 15 is 0 Å². The first-order valence-electron chi connectivity index (χ1n) is 17.9. The number of H-pyrrole nitrogens is 2. The van der Waals surface area contributed by atoms with Crippen LogP contribution in [0.1, 0.15) is 82.3 Å². The molecule has 1 aliphatic rings. The van der Waals surface area contributed by atoms with Gasteiger partial charge in [-0.15, -0.1) is 0 Å². The molecule has 0 saturated carbocycles. The van der Waals surface area contributed by atoms with E-state index in [-0.39, 0.29) is 41.8 Å². The average molecular weight is 709 g/mol. The number of carbonyl (C=O) groups excluding carboxylic acids is 2. The molecule has 0 aliphatic carbocycles. The molecule has 276 valence electrons. The van der Waals surface area contributed by atoms with Gasteiger partial charge in [0.25, 0.3) is 0 Å². The van der Waals surface area contributed by atoms with Gasteiger partial charge < -0.3 is 30.0 Å². The number of likely N-dealkylation sites (tertiary alicyclic amines) is 1. The minimum Gasteiger partial charge on any atom is -0.356 e. The number of aliphatic hydroxyl groups excluding tert-OH is 1. The summed E-state index contributed by atoms with van der Waals surface area (Å²) in [7, 11) is 5.30. The molecule has 3 heterocycles. The van der Waals surface area contributed by atoms with E-state index in [1.807, 2.05) is 99.4 Å². The van der Waals surface area contributed by atoms with Crippen molar-refractivity contribution in [2.75, 3.05) is 27.7 Å². The van der Waals surface area contributed by atoms with E-state index in [1.165, 1.54) is 7.11 Å². The van der Waals surface area contributed by atoms with Crippen LogP contribution < -0.4 is 10.6 Å². The highest BCUT2D eigenvalue weighted by Crippen LogP contribution is 2.33. The Morgan fingerprint density at radius 2 is 1.48 bits per heavy atom. The van der Waals surface area contributed by atoms with Gasteiger partial charge in [0.05, 0.1) is 47.9 Å². The topological polar surface area (TPSA) is 152 Å². The van der Waals surface area contributed by atoms with Crippen molar-refractivity contribution in [3.05, 3.63) is 83.7 Å². The first kappa shape index (κ1) is 38.4. The number of nitrogens with one attached hydrogen (secondary N) is 4. The third-order valence-corrected chi connectivity index (χ3v) is 9.49. The predicted octanol–water partition coefficient (Wildman–Crippen LogP) is 4.83. The Bertz CT molecular complexity index is 1840. The van der Waals surface area contributed by atoms with Crippen molar-refractivity contribution >= 4 is 11.8 Å². The molecule has 0 bridgehead atoms. The van der Waals surface area contributed by atoms with Gasteiger partial charge in [0, 0.05) is 24.8 Å². The van der Waals surface area contributed by atoms with Crippen LogP contribution in [0.25, 0.3) is 22.5 Å². The molecule has 0 spiro atoms. The summed E-state index contributed by atoms with van der Waals surface area (Å²) in [6, 6.07) is 14.7. The van der Waals surface area contributed by atoms with Crippen LogP contribution >= 0.6 is 0 Å². The summed E-state index contributed by atoms with van der Waals surface area (Å²) in [6.45, 7) is 10.6. The predicted molar refractivity (Wildman–Crippen MR) is 201 cm³/mol. The molecule has 2 aromatic heterocycles. The molecule has 0 radical (unpaired) electrons. The van der Waals surface area contributed by atoms with Gasteiger partial charge in [0.2, 0.25) is 18.2 Å². The Morgan fingerprint density at radius 1 is 0.904 bits per heavy atom. The van der Waals surface area contributed by atoms with Crippen molar-refractivity contribution < 1.29 is 19.4 Å². The van der Waals surface area contributed by atoms with E-state index in [0.717, 1.165) is 58.9 Å². The van der Waals surface area contributed by atoms with Crippen molar-refractivity contribution in [2.24, 2.45) is 11.8 Å². The average Bonchev–Trinajstić information content (AvgIpc) is 3.91. The number of aromatic amines is 2. The molecule has 2 aromatic carbocycles. The summed E-state index contributed by atoms with van der Waals surface area (Å²) in [5, 5.41) is 15.5. The molecule has 5 atom stereocenters. The van der Waals surface area contributed by atoms with E-state index in [9.17, 15) is 14.7 Å². The normalized spacial score (nSPS) is 16.8. The Balaban J connectivity index is 1.19. The molecule has 12 heteroatoms. The lowest BCUT2D eigenvalue weighted by molar-refractivity contribution is -0.138. The van der Waals surface area contributed by atoms with Crippen LogP contribution in [0, 0.1) is 23.7 Å². The molecular formula is C40H52N8O4. The maximum absolute atomic E-state index is 13.5. The third-order valence-electron chi connectivity index (χ3n) is 9.49. The summed E-state index contributed by atoms with van der Waals surface area (Å²) >= 11 is 0. The number of aromatic nitrogens is 4. The zero-order valence-electron chi connectivity index (χ0n) is 31.4. The molecule has 12 nitrogen and oxygen atoms in total.